The number of amides is 1. The molecule has 2 aliphatic rings. The molecule has 3 heterocycles. The lowest BCUT2D eigenvalue weighted by Gasteiger charge is -2.33. The molecular weight excluding hydrogens is 695 g/mol. The summed E-state index contributed by atoms with van der Waals surface area (Å²) in [5, 5.41) is 3.13. The zero-order chi connectivity index (χ0) is 37.7. The number of aryl methyl sites for hydroxylation is 2. The van der Waals surface area contributed by atoms with Crippen LogP contribution >= 0.6 is 0 Å². The molecule has 4 aromatic rings. The Morgan fingerprint density at radius 3 is 2.50 bits per heavy atom. The summed E-state index contributed by atoms with van der Waals surface area (Å²) in [6.45, 7) is 11.6. The molecular formula is C45H55N3O5S. The van der Waals surface area contributed by atoms with Gasteiger partial charge in [0.15, 0.2) is 0 Å². The van der Waals surface area contributed by atoms with Gasteiger partial charge in [-0.05, 0) is 140 Å². The number of pyridine rings is 1. The van der Waals surface area contributed by atoms with E-state index < -0.39 is 10.8 Å². The van der Waals surface area contributed by atoms with Crippen LogP contribution in [0.3, 0.4) is 0 Å². The maximum atomic E-state index is 13.9. The molecule has 0 saturated carbocycles. The molecule has 1 aromatic heterocycles. The van der Waals surface area contributed by atoms with E-state index in [1.54, 1.807) is 0 Å². The summed E-state index contributed by atoms with van der Waals surface area (Å²) in [7, 11) is -1.23. The van der Waals surface area contributed by atoms with Gasteiger partial charge in [0, 0.05) is 66.6 Å². The van der Waals surface area contributed by atoms with Crippen LogP contribution < -0.4 is 15.0 Å². The lowest BCUT2D eigenvalue weighted by Crippen LogP contribution is -2.34. The van der Waals surface area contributed by atoms with E-state index in [1.165, 1.54) is 5.56 Å². The summed E-state index contributed by atoms with van der Waals surface area (Å²) < 4.78 is 30.6. The highest BCUT2D eigenvalue weighted by Gasteiger charge is 2.23. The third kappa shape index (κ3) is 10.7. The topological polar surface area (TPSA) is 90.0 Å². The minimum atomic E-state index is -1.23. The molecule has 8 nitrogen and oxygen atoms in total. The van der Waals surface area contributed by atoms with Gasteiger partial charge in [-0.2, -0.15) is 0 Å². The largest absolute Gasteiger partial charge is 0.491 e. The molecule has 9 heteroatoms. The molecule has 1 fully saturated rings. The standard InChI is InChI=1S/C45H55N3O5S/c1-4-6-24-51-27-28-53-41-14-9-36(10-15-41)37-11-18-44-39(29-37)30-38(8-7-23-48(44)31-34-20-25-52-26-21-34)45(49)47-40-12-16-42(17-13-40)54(50)32-43-33(3)46-22-19-35(43)5-2/h9-19,22,29-30,34H,4-8,20-21,23-28,31-32H2,1-3H3,(H,47,49)/b38-30+. The van der Waals surface area contributed by atoms with Crippen LogP contribution in [0, 0.1) is 12.8 Å². The predicted octanol–water partition coefficient (Wildman–Crippen LogP) is 9.17. The summed E-state index contributed by atoms with van der Waals surface area (Å²) in [6, 6.07) is 24.2. The number of hydrogen-bond acceptors (Lipinski definition) is 7. The SMILES string of the molecule is CCCCOCCOc1ccc(-c2ccc3c(c2)/C=C(/C(=O)Nc2ccc(S(=O)Cc4c(CC)ccnc4C)cc2)CCCN3CC2CCOCC2)cc1. The minimum absolute atomic E-state index is 0.114. The summed E-state index contributed by atoms with van der Waals surface area (Å²) in [5.74, 6) is 1.71. The molecule has 0 spiro atoms. The first-order chi connectivity index (χ1) is 26.4. The summed E-state index contributed by atoms with van der Waals surface area (Å²) in [4.78, 5) is 21.5. The Labute approximate surface area is 323 Å². The number of nitrogens with zero attached hydrogens (tertiary/aromatic N) is 2. The zero-order valence-corrected chi connectivity index (χ0v) is 32.9. The van der Waals surface area contributed by atoms with Crippen molar-refractivity contribution in [1.82, 2.24) is 4.98 Å². The molecule has 286 valence electrons. The maximum absolute atomic E-state index is 13.9. The molecule has 6 rings (SSSR count). The number of carbonyl (C=O) groups excluding carboxylic acids is 1. The van der Waals surface area contributed by atoms with E-state index in [1.807, 2.05) is 55.6 Å². The molecule has 1 N–H and O–H groups in total. The van der Waals surface area contributed by atoms with Gasteiger partial charge in [0.1, 0.15) is 12.4 Å². The van der Waals surface area contributed by atoms with Crippen LogP contribution in [-0.2, 0) is 37.2 Å². The number of aromatic nitrogens is 1. The van der Waals surface area contributed by atoms with E-state index in [9.17, 15) is 9.00 Å². The number of anilines is 2. The van der Waals surface area contributed by atoms with Crippen molar-refractivity contribution in [2.75, 3.05) is 56.3 Å². The molecule has 1 atom stereocenters. The minimum Gasteiger partial charge on any atom is -0.491 e. The summed E-state index contributed by atoms with van der Waals surface area (Å²) >= 11 is 0. The molecule has 0 radical (unpaired) electrons. The monoisotopic (exact) mass is 749 g/mol. The van der Waals surface area contributed by atoms with Crippen LogP contribution in [0.5, 0.6) is 5.75 Å². The van der Waals surface area contributed by atoms with Crippen molar-refractivity contribution in [1.29, 1.82) is 0 Å². The molecule has 1 amide bonds. The molecule has 1 saturated heterocycles. The number of unbranched alkanes of at least 4 members (excludes halogenated alkanes) is 1. The molecule has 54 heavy (non-hydrogen) atoms. The van der Waals surface area contributed by atoms with Crippen molar-refractivity contribution >= 4 is 34.2 Å². The summed E-state index contributed by atoms with van der Waals surface area (Å²) in [5.41, 5.74) is 8.93. The number of benzene rings is 3. The van der Waals surface area contributed by atoms with Crippen molar-refractivity contribution < 1.29 is 23.2 Å². The number of carbonyl (C=O) groups is 1. The first-order valence-corrected chi connectivity index (χ1v) is 20.9. The fourth-order valence-electron chi connectivity index (χ4n) is 7.19. The fourth-order valence-corrected chi connectivity index (χ4v) is 8.46. The number of nitrogens with one attached hydrogen (secondary N) is 1. The molecule has 0 aliphatic carbocycles. The van der Waals surface area contributed by atoms with E-state index >= 15 is 0 Å². The molecule has 0 bridgehead atoms. The van der Waals surface area contributed by atoms with Gasteiger partial charge in [-0.1, -0.05) is 38.5 Å². The van der Waals surface area contributed by atoms with Gasteiger partial charge in [0.05, 0.1) is 23.2 Å². The van der Waals surface area contributed by atoms with E-state index in [0.717, 1.165) is 121 Å². The highest BCUT2D eigenvalue weighted by atomic mass is 32.2. The third-order valence-corrected chi connectivity index (χ3v) is 11.8. The van der Waals surface area contributed by atoms with E-state index in [-0.39, 0.29) is 5.91 Å². The first kappa shape index (κ1) is 39.4. The highest BCUT2D eigenvalue weighted by Crippen LogP contribution is 2.34. The van der Waals surface area contributed by atoms with Crippen LogP contribution in [-0.4, -0.2) is 61.2 Å². The average molecular weight is 750 g/mol. The van der Waals surface area contributed by atoms with Crippen molar-refractivity contribution in [2.45, 2.75) is 76.4 Å². The Hall–Kier alpha value is -4.31. The number of hydrogen-bond donors (Lipinski definition) is 1. The van der Waals surface area contributed by atoms with Crippen molar-refractivity contribution in [2.24, 2.45) is 5.92 Å². The van der Waals surface area contributed by atoms with Crippen LogP contribution in [0.1, 0.15) is 74.8 Å². The maximum Gasteiger partial charge on any atom is 0.251 e. The van der Waals surface area contributed by atoms with Gasteiger partial charge in [-0.15, -0.1) is 0 Å². The van der Waals surface area contributed by atoms with Crippen molar-refractivity contribution in [3.8, 4) is 16.9 Å². The van der Waals surface area contributed by atoms with E-state index in [4.69, 9.17) is 14.2 Å². The molecule has 2 aliphatic heterocycles. The predicted molar refractivity (Wildman–Crippen MR) is 220 cm³/mol. The van der Waals surface area contributed by atoms with Crippen LogP contribution in [0.15, 0.2) is 89.5 Å². The number of rotatable bonds is 16. The lowest BCUT2D eigenvalue weighted by atomic mass is 9.94. The van der Waals surface area contributed by atoms with Gasteiger partial charge < -0.3 is 24.4 Å². The zero-order valence-electron chi connectivity index (χ0n) is 32.1. The van der Waals surface area contributed by atoms with Gasteiger partial charge in [0.2, 0.25) is 0 Å². The Balaban J connectivity index is 1.18. The normalized spacial score (nSPS) is 16.4. The Morgan fingerprint density at radius 1 is 0.963 bits per heavy atom. The Morgan fingerprint density at radius 2 is 1.74 bits per heavy atom. The van der Waals surface area contributed by atoms with Crippen LogP contribution in [0.2, 0.25) is 0 Å². The Bertz CT molecular complexity index is 1890. The Kier molecular flexibility index (Phi) is 14.5. The van der Waals surface area contributed by atoms with Gasteiger partial charge in [-0.25, -0.2) is 0 Å². The van der Waals surface area contributed by atoms with Gasteiger partial charge >= 0.3 is 0 Å². The average Bonchev–Trinajstić information content (AvgIpc) is 3.19. The van der Waals surface area contributed by atoms with Crippen LogP contribution in [0.25, 0.3) is 17.2 Å². The number of fused-ring (bicyclic) bond motifs is 1. The second kappa shape index (κ2) is 19.9. The second-order valence-electron chi connectivity index (χ2n) is 14.2. The second-order valence-corrected chi connectivity index (χ2v) is 15.7. The molecule has 3 aromatic carbocycles. The van der Waals surface area contributed by atoms with Crippen LogP contribution in [0.4, 0.5) is 11.4 Å². The van der Waals surface area contributed by atoms with E-state index in [0.29, 0.717) is 37.0 Å². The quantitative estimate of drug-likeness (QED) is 0.114. The van der Waals surface area contributed by atoms with Crippen molar-refractivity contribution in [3.63, 3.8) is 0 Å². The lowest BCUT2D eigenvalue weighted by molar-refractivity contribution is -0.112. The van der Waals surface area contributed by atoms with Crippen molar-refractivity contribution in [3.05, 3.63) is 107 Å². The number of ether oxygens (including phenoxy) is 3. The smallest absolute Gasteiger partial charge is 0.251 e. The first-order valence-electron chi connectivity index (χ1n) is 19.6. The van der Waals surface area contributed by atoms with E-state index in [2.05, 4.69) is 65.5 Å². The third-order valence-electron chi connectivity index (χ3n) is 10.4. The summed E-state index contributed by atoms with van der Waals surface area (Å²) in [6.07, 6.45) is 10.6. The fraction of sp³-hybridized carbons (Fsp3) is 0.422. The highest BCUT2D eigenvalue weighted by molar-refractivity contribution is 7.84. The van der Waals surface area contributed by atoms with Gasteiger partial charge in [0.25, 0.3) is 5.91 Å². The van der Waals surface area contributed by atoms with Gasteiger partial charge in [-0.3, -0.25) is 14.0 Å². The molecule has 1 unspecified atom stereocenters.